The molecule has 1 atom stereocenters. The molecule has 0 saturated carbocycles. The second-order valence-corrected chi connectivity index (χ2v) is 4.01. The summed E-state index contributed by atoms with van der Waals surface area (Å²) in [6.45, 7) is 0. The molecule has 72 valence electrons. The number of rotatable bonds is 2. The van der Waals surface area contributed by atoms with Crippen LogP contribution in [0.2, 0.25) is 0 Å². The summed E-state index contributed by atoms with van der Waals surface area (Å²) < 4.78 is 0. The van der Waals surface area contributed by atoms with Crippen LogP contribution >= 0.6 is 11.3 Å². The maximum Gasteiger partial charge on any atom is 0.180 e. The number of aliphatic hydroxyl groups excluding tert-OH is 1. The third-order valence-electron chi connectivity index (χ3n) is 1.93. The molecule has 0 unspecified atom stereocenters. The molecule has 0 fully saturated rings. The summed E-state index contributed by atoms with van der Waals surface area (Å²) >= 11 is 1.31. The fourth-order valence-electron chi connectivity index (χ4n) is 1.23. The van der Waals surface area contributed by atoms with Gasteiger partial charge in [0.15, 0.2) is 5.13 Å². The quantitative estimate of drug-likeness (QED) is 0.787. The van der Waals surface area contributed by atoms with Gasteiger partial charge in [0.05, 0.1) is 4.88 Å². The summed E-state index contributed by atoms with van der Waals surface area (Å²) in [6.07, 6.45) is 0.989. The van der Waals surface area contributed by atoms with E-state index >= 15 is 0 Å². The Hall–Kier alpha value is -1.39. The Balaban J connectivity index is 2.29. The molecule has 1 heterocycles. The van der Waals surface area contributed by atoms with E-state index in [-0.39, 0.29) is 0 Å². The van der Waals surface area contributed by atoms with Crippen molar-refractivity contribution in [2.75, 3.05) is 5.73 Å². The fraction of sp³-hybridized carbons (Fsp3) is 0.100. The number of hydrogen-bond acceptors (Lipinski definition) is 4. The molecule has 4 heteroatoms. The molecule has 0 radical (unpaired) electrons. The minimum absolute atomic E-state index is 0.481. The Morgan fingerprint density at radius 1 is 1.29 bits per heavy atom. The molecule has 0 spiro atoms. The predicted molar refractivity (Wildman–Crippen MR) is 57.0 cm³/mol. The first kappa shape index (κ1) is 9.18. The molecule has 1 aromatic carbocycles. The Morgan fingerprint density at radius 3 is 2.57 bits per heavy atom. The highest BCUT2D eigenvalue weighted by Crippen LogP contribution is 2.27. The lowest BCUT2D eigenvalue weighted by Gasteiger charge is -2.06. The van der Waals surface area contributed by atoms with Gasteiger partial charge in [-0.2, -0.15) is 0 Å². The van der Waals surface area contributed by atoms with Crippen molar-refractivity contribution in [2.45, 2.75) is 6.10 Å². The van der Waals surface area contributed by atoms with Gasteiger partial charge in [0.2, 0.25) is 0 Å². The lowest BCUT2D eigenvalue weighted by molar-refractivity contribution is 0.224. The van der Waals surface area contributed by atoms with Crippen LogP contribution < -0.4 is 5.73 Å². The van der Waals surface area contributed by atoms with Crippen LogP contribution in [0.5, 0.6) is 0 Å². The first-order valence-corrected chi connectivity index (χ1v) is 5.03. The summed E-state index contributed by atoms with van der Waals surface area (Å²) in [4.78, 5) is 4.67. The van der Waals surface area contributed by atoms with Crippen molar-refractivity contribution in [1.82, 2.24) is 4.98 Å². The van der Waals surface area contributed by atoms with E-state index in [2.05, 4.69) is 4.98 Å². The molecule has 0 aliphatic rings. The molecule has 2 aromatic rings. The summed E-state index contributed by atoms with van der Waals surface area (Å²) in [5.74, 6) is 0. The van der Waals surface area contributed by atoms with Gasteiger partial charge in [-0.05, 0) is 5.56 Å². The third kappa shape index (κ3) is 1.76. The smallest absolute Gasteiger partial charge is 0.180 e. The highest BCUT2D eigenvalue weighted by molar-refractivity contribution is 7.15. The lowest BCUT2D eigenvalue weighted by Crippen LogP contribution is -1.95. The molecular formula is C10H10N2OS. The van der Waals surface area contributed by atoms with Crippen molar-refractivity contribution in [1.29, 1.82) is 0 Å². The van der Waals surface area contributed by atoms with Crippen LogP contribution in [0.3, 0.4) is 0 Å². The minimum Gasteiger partial charge on any atom is -0.383 e. The minimum atomic E-state index is -0.619. The second-order valence-electron chi connectivity index (χ2n) is 2.91. The number of aromatic nitrogens is 1. The van der Waals surface area contributed by atoms with Crippen LogP contribution in [0.25, 0.3) is 0 Å². The highest BCUT2D eigenvalue weighted by Gasteiger charge is 2.12. The van der Waals surface area contributed by atoms with Gasteiger partial charge in [-0.25, -0.2) is 4.98 Å². The van der Waals surface area contributed by atoms with Crippen LogP contribution in [0.1, 0.15) is 16.5 Å². The predicted octanol–water partition coefficient (Wildman–Crippen LogP) is 1.81. The monoisotopic (exact) mass is 206 g/mol. The second kappa shape index (κ2) is 3.77. The summed E-state index contributed by atoms with van der Waals surface area (Å²) in [5, 5.41) is 10.4. The van der Waals surface area contributed by atoms with Gasteiger partial charge < -0.3 is 10.8 Å². The topological polar surface area (TPSA) is 59.1 Å². The summed E-state index contributed by atoms with van der Waals surface area (Å²) in [5.41, 5.74) is 6.35. The molecule has 0 saturated heterocycles. The van der Waals surface area contributed by atoms with E-state index in [1.54, 1.807) is 6.20 Å². The van der Waals surface area contributed by atoms with E-state index < -0.39 is 6.10 Å². The molecule has 0 aliphatic carbocycles. The Bertz CT molecular complexity index is 413. The van der Waals surface area contributed by atoms with Gasteiger partial charge in [-0.1, -0.05) is 41.7 Å². The van der Waals surface area contributed by atoms with Crippen LogP contribution in [-0.4, -0.2) is 10.1 Å². The van der Waals surface area contributed by atoms with Crippen molar-refractivity contribution in [3.05, 3.63) is 47.0 Å². The van der Waals surface area contributed by atoms with Crippen LogP contribution in [-0.2, 0) is 0 Å². The number of thiazole rings is 1. The van der Waals surface area contributed by atoms with Crippen molar-refractivity contribution < 1.29 is 5.11 Å². The largest absolute Gasteiger partial charge is 0.383 e. The summed E-state index contributed by atoms with van der Waals surface area (Å²) in [7, 11) is 0. The number of aliphatic hydroxyl groups is 1. The average molecular weight is 206 g/mol. The first-order chi connectivity index (χ1) is 6.77. The number of anilines is 1. The molecule has 14 heavy (non-hydrogen) atoms. The van der Waals surface area contributed by atoms with E-state index in [9.17, 15) is 5.11 Å². The number of nitrogens with zero attached hydrogens (tertiary/aromatic N) is 1. The number of hydrogen-bond donors (Lipinski definition) is 2. The summed E-state index contributed by atoms with van der Waals surface area (Å²) in [6, 6.07) is 9.45. The Labute approximate surface area is 85.8 Å². The van der Waals surface area contributed by atoms with E-state index in [0.717, 1.165) is 10.4 Å². The average Bonchev–Trinajstić information content (AvgIpc) is 2.65. The maximum atomic E-state index is 9.92. The Kier molecular flexibility index (Phi) is 2.47. The molecule has 0 aliphatic heterocycles. The van der Waals surface area contributed by atoms with E-state index in [1.165, 1.54) is 11.3 Å². The first-order valence-electron chi connectivity index (χ1n) is 4.21. The number of benzene rings is 1. The zero-order valence-electron chi connectivity index (χ0n) is 7.42. The number of nitrogens with two attached hydrogens (primary N) is 1. The van der Waals surface area contributed by atoms with Crippen LogP contribution in [0.15, 0.2) is 36.5 Å². The van der Waals surface area contributed by atoms with Gasteiger partial charge >= 0.3 is 0 Å². The van der Waals surface area contributed by atoms with Gasteiger partial charge in [0, 0.05) is 6.20 Å². The molecule has 0 bridgehead atoms. The van der Waals surface area contributed by atoms with Gasteiger partial charge in [0.1, 0.15) is 6.10 Å². The van der Waals surface area contributed by atoms with Gasteiger partial charge in [0.25, 0.3) is 0 Å². The lowest BCUT2D eigenvalue weighted by atomic mass is 10.1. The van der Waals surface area contributed by atoms with Gasteiger partial charge in [-0.3, -0.25) is 0 Å². The van der Waals surface area contributed by atoms with E-state index in [1.807, 2.05) is 30.3 Å². The van der Waals surface area contributed by atoms with Crippen molar-refractivity contribution >= 4 is 16.5 Å². The SMILES string of the molecule is Nc1ncc([C@H](O)c2ccccc2)s1. The number of nitrogen functional groups attached to an aromatic ring is 1. The highest BCUT2D eigenvalue weighted by atomic mass is 32.1. The molecule has 3 N–H and O–H groups in total. The van der Waals surface area contributed by atoms with Crippen molar-refractivity contribution in [3.8, 4) is 0 Å². The fourth-order valence-corrected chi connectivity index (χ4v) is 1.93. The molecule has 3 nitrogen and oxygen atoms in total. The third-order valence-corrected chi connectivity index (χ3v) is 2.81. The molecule has 0 amide bonds. The maximum absolute atomic E-state index is 9.92. The molecule has 1 aromatic heterocycles. The van der Waals surface area contributed by atoms with Crippen LogP contribution in [0, 0.1) is 0 Å². The van der Waals surface area contributed by atoms with Crippen LogP contribution in [0.4, 0.5) is 5.13 Å². The normalized spacial score (nSPS) is 12.6. The Morgan fingerprint density at radius 2 is 2.00 bits per heavy atom. The zero-order valence-corrected chi connectivity index (χ0v) is 8.24. The van der Waals surface area contributed by atoms with E-state index in [4.69, 9.17) is 5.73 Å². The van der Waals surface area contributed by atoms with Crippen molar-refractivity contribution in [2.24, 2.45) is 0 Å². The standard InChI is InChI=1S/C10H10N2OS/c11-10-12-6-8(14-10)9(13)7-4-2-1-3-5-7/h1-6,9,13H,(H2,11,12)/t9-/m1/s1. The van der Waals surface area contributed by atoms with Crippen molar-refractivity contribution in [3.63, 3.8) is 0 Å². The van der Waals surface area contributed by atoms with Gasteiger partial charge in [-0.15, -0.1) is 0 Å². The van der Waals surface area contributed by atoms with E-state index in [0.29, 0.717) is 5.13 Å². The molecule has 2 rings (SSSR count). The zero-order chi connectivity index (χ0) is 9.97. The molecular weight excluding hydrogens is 196 g/mol.